The first-order valence-electron chi connectivity index (χ1n) is 5.96. The van der Waals surface area contributed by atoms with Crippen molar-refractivity contribution in [1.29, 1.82) is 0 Å². The standard InChI is InChI=1S/C14H20N2O2/c1-11(2)7-8-15-14(17)16-10-12-5-4-6-13(9-12)18-3/h4-9,11H,10H2,1-3H3,(H2,15,16,17)/b8-7+. The number of hydrogen-bond donors (Lipinski definition) is 2. The van der Waals surface area contributed by atoms with Crippen LogP contribution in [0.4, 0.5) is 4.79 Å². The van der Waals surface area contributed by atoms with Crippen molar-refractivity contribution in [3.63, 3.8) is 0 Å². The molecule has 1 rings (SSSR count). The normalized spacial score (nSPS) is 10.7. The van der Waals surface area contributed by atoms with Crippen LogP contribution in [0.3, 0.4) is 0 Å². The third-order valence-corrected chi connectivity index (χ3v) is 2.28. The Bertz CT molecular complexity index is 414. The molecule has 0 aliphatic rings. The summed E-state index contributed by atoms with van der Waals surface area (Å²) in [6.45, 7) is 4.57. The summed E-state index contributed by atoms with van der Waals surface area (Å²) in [4.78, 5) is 11.4. The molecule has 0 heterocycles. The third-order valence-electron chi connectivity index (χ3n) is 2.28. The molecule has 0 fully saturated rings. The van der Waals surface area contributed by atoms with Crippen LogP contribution in [0.1, 0.15) is 19.4 Å². The van der Waals surface area contributed by atoms with Crippen molar-refractivity contribution in [2.45, 2.75) is 20.4 Å². The van der Waals surface area contributed by atoms with Crippen LogP contribution >= 0.6 is 0 Å². The van der Waals surface area contributed by atoms with E-state index in [-0.39, 0.29) is 6.03 Å². The highest BCUT2D eigenvalue weighted by Gasteiger charge is 1.99. The monoisotopic (exact) mass is 248 g/mol. The fourth-order valence-corrected chi connectivity index (χ4v) is 1.33. The summed E-state index contributed by atoms with van der Waals surface area (Å²) in [5, 5.41) is 5.42. The summed E-state index contributed by atoms with van der Waals surface area (Å²) in [5.74, 6) is 1.21. The Morgan fingerprint density at radius 2 is 2.22 bits per heavy atom. The number of hydrogen-bond acceptors (Lipinski definition) is 2. The second kappa shape index (κ2) is 7.37. The van der Waals surface area contributed by atoms with E-state index in [2.05, 4.69) is 10.6 Å². The lowest BCUT2D eigenvalue weighted by molar-refractivity contribution is 0.243. The second-order valence-corrected chi connectivity index (χ2v) is 4.28. The molecular formula is C14H20N2O2. The summed E-state index contributed by atoms with van der Waals surface area (Å²) in [7, 11) is 1.62. The lowest BCUT2D eigenvalue weighted by atomic mass is 10.2. The molecule has 98 valence electrons. The molecule has 0 aromatic heterocycles. The van der Waals surface area contributed by atoms with E-state index < -0.39 is 0 Å². The van der Waals surface area contributed by atoms with Crippen LogP contribution in [0.2, 0.25) is 0 Å². The fraction of sp³-hybridized carbons (Fsp3) is 0.357. The van der Waals surface area contributed by atoms with Gasteiger partial charge < -0.3 is 15.4 Å². The van der Waals surface area contributed by atoms with E-state index in [1.165, 1.54) is 0 Å². The van der Waals surface area contributed by atoms with E-state index in [1.807, 2.05) is 44.2 Å². The molecule has 0 saturated heterocycles. The van der Waals surface area contributed by atoms with Crippen LogP contribution in [-0.4, -0.2) is 13.1 Å². The van der Waals surface area contributed by atoms with Crippen LogP contribution in [0.25, 0.3) is 0 Å². The van der Waals surface area contributed by atoms with Gasteiger partial charge in [0.25, 0.3) is 0 Å². The number of nitrogens with one attached hydrogen (secondary N) is 2. The average molecular weight is 248 g/mol. The second-order valence-electron chi connectivity index (χ2n) is 4.28. The van der Waals surface area contributed by atoms with E-state index >= 15 is 0 Å². The molecule has 2 N–H and O–H groups in total. The van der Waals surface area contributed by atoms with Gasteiger partial charge in [-0.2, -0.15) is 0 Å². The smallest absolute Gasteiger partial charge is 0.319 e. The molecule has 18 heavy (non-hydrogen) atoms. The van der Waals surface area contributed by atoms with Gasteiger partial charge in [-0.15, -0.1) is 0 Å². The van der Waals surface area contributed by atoms with Crippen LogP contribution < -0.4 is 15.4 Å². The molecule has 0 bridgehead atoms. The number of ether oxygens (including phenoxy) is 1. The van der Waals surface area contributed by atoms with Crippen molar-refractivity contribution in [2.75, 3.05) is 7.11 Å². The number of carbonyl (C=O) groups excluding carboxylic acids is 1. The highest BCUT2D eigenvalue weighted by atomic mass is 16.5. The van der Waals surface area contributed by atoms with Gasteiger partial charge in [0.15, 0.2) is 0 Å². The lowest BCUT2D eigenvalue weighted by Crippen LogP contribution is -2.31. The van der Waals surface area contributed by atoms with Gasteiger partial charge in [-0.1, -0.05) is 32.1 Å². The van der Waals surface area contributed by atoms with Crippen LogP contribution in [0, 0.1) is 5.92 Å². The molecule has 0 aliphatic heterocycles. The molecular weight excluding hydrogens is 228 g/mol. The van der Waals surface area contributed by atoms with Gasteiger partial charge in [-0.25, -0.2) is 4.79 Å². The topological polar surface area (TPSA) is 50.4 Å². The third kappa shape index (κ3) is 5.39. The van der Waals surface area contributed by atoms with Crippen LogP contribution in [0.15, 0.2) is 36.5 Å². The first kappa shape index (κ1) is 14.1. The lowest BCUT2D eigenvalue weighted by Gasteiger charge is -2.06. The average Bonchev–Trinajstić information content (AvgIpc) is 2.36. The van der Waals surface area contributed by atoms with Crippen molar-refractivity contribution in [1.82, 2.24) is 10.6 Å². The molecule has 0 radical (unpaired) electrons. The minimum Gasteiger partial charge on any atom is -0.497 e. The maximum absolute atomic E-state index is 11.4. The summed E-state index contributed by atoms with van der Waals surface area (Å²) < 4.78 is 5.11. The Balaban J connectivity index is 2.37. The SMILES string of the molecule is COc1cccc(CNC(=O)N/C=C/C(C)C)c1. The number of urea groups is 1. The number of allylic oxidation sites excluding steroid dienone is 1. The van der Waals surface area contributed by atoms with Crippen molar-refractivity contribution in [2.24, 2.45) is 5.92 Å². The highest BCUT2D eigenvalue weighted by Crippen LogP contribution is 2.11. The fourth-order valence-electron chi connectivity index (χ4n) is 1.33. The summed E-state index contributed by atoms with van der Waals surface area (Å²) in [5.41, 5.74) is 0.998. The summed E-state index contributed by atoms with van der Waals surface area (Å²) in [6, 6.07) is 7.38. The van der Waals surface area contributed by atoms with Crippen molar-refractivity contribution < 1.29 is 9.53 Å². The molecule has 0 spiro atoms. The predicted molar refractivity (Wildman–Crippen MR) is 72.3 cm³/mol. The van der Waals surface area contributed by atoms with Gasteiger partial charge in [0.05, 0.1) is 7.11 Å². The number of benzene rings is 1. The summed E-state index contributed by atoms with van der Waals surface area (Å²) >= 11 is 0. The minimum absolute atomic E-state index is 0.213. The van der Waals surface area contributed by atoms with E-state index in [4.69, 9.17) is 4.74 Å². The number of methoxy groups -OCH3 is 1. The molecule has 0 unspecified atom stereocenters. The zero-order chi connectivity index (χ0) is 13.4. The van der Waals surface area contributed by atoms with Gasteiger partial charge >= 0.3 is 6.03 Å². The Hall–Kier alpha value is -1.97. The van der Waals surface area contributed by atoms with Crippen molar-refractivity contribution in [3.8, 4) is 5.75 Å². The zero-order valence-corrected chi connectivity index (χ0v) is 11.1. The first-order valence-corrected chi connectivity index (χ1v) is 5.96. The molecule has 4 heteroatoms. The number of carbonyl (C=O) groups is 1. The minimum atomic E-state index is -0.213. The summed E-state index contributed by atoms with van der Waals surface area (Å²) in [6.07, 6.45) is 3.58. The molecule has 0 saturated carbocycles. The van der Waals surface area contributed by atoms with Crippen molar-refractivity contribution >= 4 is 6.03 Å². The Labute approximate surface area is 108 Å². The first-order chi connectivity index (χ1) is 8.61. The van der Waals surface area contributed by atoms with Gasteiger partial charge in [0.2, 0.25) is 0 Å². The van der Waals surface area contributed by atoms with Crippen LogP contribution in [-0.2, 0) is 6.54 Å². The number of rotatable bonds is 5. The highest BCUT2D eigenvalue weighted by molar-refractivity contribution is 5.74. The Morgan fingerprint density at radius 1 is 1.44 bits per heavy atom. The molecule has 1 aromatic rings. The molecule has 0 aliphatic carbocycles. The maximum Gasteiger partial charge on any atom is 0.319 e. The van der Waals surface area contributed by atoms with E-state index in [1.54, 1.807) is 13.3 Å². The van der Waals surface area contributed by atoms with E-state index in [0.717, 1.165) is 11.3 Å². The largest absolute Gasteiger partial charge is 0.497 e. The van der Waals surface area contributed by atoms with Gasteiger partial charge in [-0.3, -0.25) is 0 Å². The zero-order valence-electron chi connectivity index (χ0n) is 11.1. The van der Waals surface area contributed by atoms with E-state index in [9.17, 15) is 4.79 Å². The van der Waals surface area contributed by atoms with Crippen molar-refractivity contribution in [3.05, 3.63) is 42.1 Å². The van der Waals surface area contributed by atoms with Gasteiger partial charge in [-0.05, 0) is 23.6 Å². The molecule has 0 atom stereocenters. The maximum atomic E-state index is 11.4. The Morgan fingerprint density at radius 3 is 2.89 bits per heavy atom. The predicted octanol–water partition coefficient (Wildman–Crippen LogP) is 2.66. The van der Waals surface area contributed by atoms with Crippen LogP contribution in [0.5, 0.6) is 5.75 Å². The quantitative estimate of drug-likeness (QED) is 0.841. The van der Waals surface area contributed by atoms with Gasteiger partial charge in [0.1, 0.15) is 5.75 Å². The number of amides is 2. The molecule has 4 nitrogen and oxygen atoms in total. The molecule has 1 aromatic carbocycles. The molecule has 2 amide bonds. The van der Waals surface area contributed by atoms with E-state index in [0.29, 0.717) is 12.5 Å². The van der Waals surface area contributed by atoms with Gasteiger partial charge in [0, 0.05) is 12.7 Å². The Kier molecular flexibility index (Phi) is 5.77.